The van der Waals surface area contributed by atoms with E-state index in [1.807, 2.05) is 0 Å². The van der Waals surface area contributed by atoms with Crippen molar-refractivity contribution in [3.63, 3.8) is 0 Å². The number of piperidine rings is 1. The van der Waals surface area contributed by atoms with E-state index in [1.54, 1.807) is 24.5 Å². The Bertz CT molecular complexity index is 1600. The van der Waals surface area contributed by atoms with Crippen molar-refractivity contribution in [2.75, 3.05) is 20.1 Å². The van der Waals surface area contributed by atoms with Gasteiger partial charge in [0.1, 0.15) is 28.2 Å². The summed E-state index contributed by atoms with van der Waals surface area (Å²) in [7, 11) is -2.42. The standard InChI is InChI=1S/C28H25F4N3O2S2/c1-35-12-8-17(9-13-35)14-24-34-27(28(38-24)18-6-10-33-11-7-18)25-22(31)4-2-19(26(25)32)16-39(36,37)23-15-20(29)3-5-21(23)30/h2-7,10-11,15,17H,8-9,12-14,16H2,1H3. The number of nitrogens with zero attached hydrogens (tertiary/aromatic N) is 3. The first-order valence-corrected chi connectivity index (χ1v) is 14.8. The number of benzene rings is 2. The second-order valence-electron chi connectivity index (χ2n) is 9.70. The van der Waals surface area contributed by atoms with E-state index in [1.165, 1.54) is 11.3 Å². The van der Waals surface area contributed by atoms with Crippen molar-refractivity contribution in [3.8, 4) is 21.7 Å². The first-order valence-electron chi connectivity index (χ1n) is 12.4. The fourth-order valence-electron chi connectivity index (χ4n) is 4.76. The van der Waals surface area contributed by atoms with E-state index in [2.05, 4.69) is 21.9 Å². The highest BCUT2D eigenvalue weighted by Gasteiger charge is 2.28. The third-order valence-electron chi connectivity index (χ3n) is 6.90. The van der Waals surface area contributed by atoms with Gasteiger partial charge in [-0.05, 0) is 80.9 Å². The Morgan fingerprint density at radius 3 is 2.38 bits per heavy atom. The second kappa shape index (κ2) is 11.1. The van der Waals surface area contributed by atoms with Crippen molar-refractivity contribution < 1.29 is 26.0 Å². The summed E-state index contributed by atoms with van der Waals surface area (Å²) in [5, 5.41) is 0.727. The van der Waals surface area contributed by atoms with Crippen molar-refractivity contribution in [2.45, 2.75) is 29.9 Å². The molecule has 4 aromatic rings. The molecule has 39 heavy (non-hydrogen) atoms. The van der Waals surface area contributed by atoms with Crippen LogP contribution in [0, 0.1) is 29.2 Å². The summed E-state index contributed by atoms with van der Waals surface area (Å²) in [6.07, 6.45) is 5.77. The van der Waals surface area contributed by atoms with Crippen molar-refractivity contribution in [2.24, 2.45) is 5.92 Å². The van der Waals surface area contributed by atoms with Crippen LogP contribution in [0.3, 0.4) is 0 Å². The van der Waals surface area contributed by atoms with E-state index in [-0.39, 0.29) is 11.3 Å². The summed E-state index contributed by atoms with van der Waals surface area (Å²) in [6.45, 7) is 1.93. The Labute approximate surface area is 228 Å². The minimum Gasteiger partial charge on any atom is -0.306 e. The van der Waals surface area contributed by atoms with E-state index >= 15 is 8.78 Å². The Morgan fingerprint density at radius 1 is 0.974 bits per heavy atom. The third kappa shape index (κ3) is 5.90. The molecule has 204 valence electrons. The average molecular weight is 576 g/mol. The highest BCUT2D eigenvalue weighted by atomic mass is 32.2. The van der Waals surface area contributed by atoms with Crippen LogP contribution < -0.4 is 0 Å². The van der Waals surface area contributed by atoms with E-state index in [4.69, 9.17) is 0 Å². The molecule has 0 aliphatic carbocycles. The van der Waals surface area contributed by atoms with Crippen molar-refractivity contribution >= 4 is 21.2 Å². The molecular weight excluding hydrogens is 550 g/mol. The van der Waals surface area contributed by atoms with Crippen LogP contribution in [0.5, 0.6) is 0 Å². The summed E-state index contributed by atoms with van der Waals surface area (Å²) < 4.78 is 84.9. The molecule has 0 N–H and O–H groups in total. The number of hydrogen-bond donors (Lipinski definition) is 0. The van der Waals surface area contributed by atoms with Gasteiger partial charge in [0.15, 0.2) is 9.84 Å². The zero-order valence-electron chi connectivity index (χ0n) is 21.0. The van der Waals surface area contributed by atoms with Crippen molar-refractivity contribution in [1.29, 1.82) is 0 Å². The molecular formula is C28H25F4N3O2S2. The maximum atomic E-state index is 15.9. The lowest BCUT2D eigenvalue weighted by molar-refractivity contribution is 0.219. The lowest BCUT2D eigenvalue weighted by Gasteiger charge is -2.28. The molecule has 2 aromatic heterocycles. The van der Waals surface area contributed by atoms with Crippen LogP contribution in [-0.4, -0.2) is 43.4 Å². The summed E-state index contributed by atoms with van der Waals surface area (Å²) in [5.74, 6) is -4.71. The number of likely N-dealkylation sites (tertiary alicyclic amines) is 1. The van der Waals surface area contributed by atoms with Crippen LogP contribution in [0.4, 0.5) is 17.6 Å². The zero-order chi connectivity index (χ0) is 27.7. The fourth-order valence-corrected chi connectivity index (χ4v) is 7.39. The molecule has 1 aliphatic rings. The van der Waals surface area contributed by atoms with Crippen LogP contribution in [0.1, 0.15) is 23.4 Å². The monoisotopic (exact) mass is 575 g/mol. The van der Waals surface area contributed by atoms with Gasteiger partial charge in [-0.25, -0.2) is 31.0 Å². The van der Waals surface area contributed by atoms with Gasteiger partial charge in [-0.1, -0.05) is 6.07 Å². The maximum absolute atomic E-state index is 15.9. The minimum atomic E-state index is -4.49. The Balaban J connectivity index is 1.56. The number of thiazole rings is 1. The predicted octanol–water partition coefficient (Wildman–Crippen LogP) is 6.29. The molecule has 0 spiro atoms. The smallest absolute Gasteiger partial charge is 0.185 e. The number of halogens is 4. The summed E-state index contributed by atoms with van der Waals surface area (Å²) in [6, 6.07) is 7.43. The summed E-state index contributed by atoms with van der Waals surface area (Å²) >= 11 is 1.34. The van der Waals surface area contributed by atoms with Crippen LogP contribution in [0.25, 0.3) is 21.7 Å². The van der Waals surface area contributed by atoms with Crippen molar-refractivity contribution in [1.82, 2.24) is 14.9 Å². The van der Waals surface area contributed by atoms with Gasteiger partial charge >= 0.3 is 0 Å². The normalized spacial score (nSPS) is 15.1. The highest BCUT2D eigenvalue weighted by Crippen LogP contribution is 2.41. The predicted molar refractivity (Wildman–Crippen MR) is 142 cm³/mol. The maximum Gasteiger partial charge on any atom is 0.185 e. The molecule has 1 aliphatic heterocycles. The van der Waals surface area contributed by atoms with Gasteiger partial charge in [0.05, 0.1) is 26.9 Å². The molecule has 2 aromatic carbocycles. The van der Waals surface area contributed by atoms with Gasteiger partial charge in [0, 0.05) is 24.4 Å². The molecule has 5 nitrogen and oxygen atoms in total. The SMILES string of the molecule is CN1CCC(Cc2nc(-c3c(F)ccc(CS(=O)(=O)c4cc(F)ccc4F)c3F)c(-c3ccncc3)s2)CC1. The summed E-state index contributed by atoms with van der Waals surface area (Å²) in [5.41, 5.74) is -0.0909. The Morgan fingerprint density at radius 2 is 1.67 bits per heavy atom. The molecule has 1 saturated heterocycles. The first kappa shape index (κ1) is 27.4. The molecule has 0 radical (unpaired) electrons. The van der Waals surface area contributed by atoms with E-state index in [0.29, 0.717) is 34.9 Å². The Kier molecular flexibility index (Phi) is 7.84. The average Bonchev–Trinajstić information content (AvgIpc) is 3.32. The highest BCUT2D eigenvalue weighted by molar-refractivity contribution is 7.90. The molecule has 5 rings (SSSR count). The van der Waals surface area contributed by atoms with Crippen LogP contribution in [0.15, 0.2) is 59.8 Å². The fraction of sp³-hybridized carbons (Fsp3) is 0.286. The second-order valence-corrected chi connectivity index (χ2v) is 12.7. The molecule has 0 bridgehead atoms. The quantitative estimate of drug-likeness (QED) is 0.243. The van der Waals surface area contributed by atoms with E-state index in [0.717, 1.165) is 49.1 Å². The molecule has 0 amide bonds. The van der Waals surface area contributed by atoms with Crippen molar-refractivity contribution in [3.05, 3.63) is 88.7 Å². The molecule has 11 heteroatoms. The van der Waals surface area contributed by atoms with Gasteiger partial charge in [-0.15, -0.1) is 11.3 Å². The number of rotatable bonds is 7. The summed E-state index contributed by atoms with van der Waals surface area (Å²) in [4.78, 5) is 10.6. The molecule has 0 saturated carbocycles. The van der Waals surface area contributed by atoms with Gasteiger partial charge in [0.2, 0.25) is 0 Å². The molecule has 0 unspecified atom stereocenters. The topological polar surface area (TPSA) is 63.2 Å². The number of pyridine rings is 1. The largest absolute Gasteiger partial charge is 0.306 e. The van der Waals surface area contributed by atoms with Gasteiger partial charge in [0.25, 0.3) is 0 Å². The lowest BCUT2D eigenvalue weighted by Crippen LogP contribution is -2.30. The van der Waals surface area contributed by atoms with E-state index in [9.17, 15) is 17.2 Å². The molecule has 0 atom stereocenters. The van der Waals surface area contributed by atoms with Crippen LogP contribution >= 0.6 is 11.3 Å². The minimum absolute atomic E-state index is 0.0697. The first-order chi connectivity index (χ1) is 18.6. The lowest BCUT2D eigenvalue weighted by atomic mass is 9.94. The molecule has 3 heterocycles. The van der Waals surface area contributed by atoms with Gasteiger partial charge < -0.3 is 4.90 Å². The van der Waals surface area contributed by atoms with Crippen LogP contribution in [-0.2, 0) is 22.0 Å². The number of aromatic nitrogens is 2. The van der Waals surface area contributed by atoms with Gasteiger partial charge in [-0.2, -0.15) is 0 Å². The van der Waals surface area contributed by atoms with Crippen LogP contribution in [0.2, 0.25) is 0 Å². The van der Waals surface area contributed by atoms with E-state index < -0.39 is 49.3 Å². The van der Waals surface area contributed by atoms with Gasteiger partial charge in [-0.3, -0.25) is 4.98 Å². The Hall–Kier alpha value is -3.15. The number of sulfone groups is 1. The molecule has 1 fully saturated rings. The number of hydrogen-bond acceptors (Lipinski definition) is 6. The third-order valence-corrected chi connectivity index (χ3v) is 9.70. The zero-order valence-corrected chi connectivity index (χ0v) is 22.6.